The lowest BCUT2D eigenvalue weighted by atomic mass is 9.87. The topological polar surface area (TPSA) is 50.2 Å². The quantitative estimate of drug-likeness (QED) is 0.861. The second kappa shape index (κ2) is 8.43. The van der Waals surface area contributed by atoms with Crippen LogP contribution in [0.4, 0.5) is 4.39 Å². The number of rotatable bonds is 5. The van der Waals surface area contributed by atoms with Gasteiger partial charge in [0.1, 0.15) is 5.82 Å². The van der Waals surface area contributed by atoms with E-state index in [1.54, 1.807) is 16.8 Å². The molecule has 0 radical (unpaired) electrons. The predicted octanol–water partition coefficient (Wildman–Crippen LogP) is 3.22. The van der Waals surface area contributed by atoms with Crippen LogP contribution in [-0.4, -0.2) is 39.7 Å². The molecule has 2 aliphatic rings. The van der Waals surface area contributed by atoms with Crippen molar-refractivity contribution in [2.24, 2.45) is 13.0 Å². The Labute approximate surface area is 165 Å². The zero-order valence-electron chi connectivity index (χ0n) is 16.5. The third-order valence-electron chi connectivity index (χ3n) is 6.25. The minimum atomic E-state index is -0.240. The molecule has 1 saturated heterocycles. The summed E-state index contributed by atoms with van der Waals surface area (Å²) in [6.45, 7) is 2.06. The zero-order valence-corrected chi connectivity index (χ0v) is 16.5. The Morgan fingerprint density at radius 3 is 2.64 bits per heavy atom. The molecule has 5 nitrogen and oxygen atoms in total. The van der Waals surface area contributed by atoms with Crippen molar-refractivity contribution >= 4 is 5.91 Å². The van der Waals surface area contributed by atoms with Crippen molar-refractivity contribution < 1.29 is 9.18 Å². The molecule has 0 spiro atoms. The molecule has 1 aliphatic heterocycles. The number of amides is 1. The first-order valence-electron chi connectivity index (χ1n) is 10.4. The molecule has 6 heteroatoms. The molecule has 1 aromatic carbocycles. The van der Waals surface area contributed by atoms with Gasteiger partial charge in [0.2, 0.25) is 5.91 Å². The van der Waals surface area contributed by atoms with Crippen molar-refractivity contribution in [2.75, 3.05) is 13.1 Å². The van der Waals surface area contributed by atoms with Gasteiger partial charge in [-0.05, 0) is 36.1 Å². The summed E-state index contributed by atoms with van der Waals surface area (Å²) in [5.74, 6) is 0.0538. The molecule has 1 saturated carbocycles. The van der Waals surface area contributed by atoms with E-state index in [1.807, 2.05) is 19.4 Å². The standard InChI is InChI=1S/C22H29FN4O/c1-26-15-17(11-25-26)20-12-24-13-21(20)22(28)27(19-5-3-2-4-6-19)14-16-7-9-18(23)10-8-16/h7-11,15,19-21,24H,2-6,12-14H2,1H3/t20-,21+/m1/s1. The van der Waals surface area contributed by atoms with E-state index in [0.717, 1.165) is 30.5 Å². The minimum Gasteiger partial charge on any atom is -0.335 e. The third kappa shape index (κ3) is 4.12. The molecule has 1 N–H and O–H groups in total. The Balaban J connectivity index is 1.57. The molecule has 0 bridgehead atoms. The molecular weight excluding hydrogens is 355 g/mol. The highest BCUT2D eigenvalue weighted by molar-refractivity contribution is 5.81. The summed E-state index contributed by atoms with van der Waals surface area (Å²) in [5, 5.41) is 7.70. The second-order valence-electron chi connectivity index (χ2n) is 8.20. The SMILES string of the molecule is Cn1cc([C@H]2CNC[C@@H]2C(=O)N(Cc2ccc(F)cc2)C2CCCCC2)cn1. The third-order valence-corrected chi connectivity index (χ3v) is 6.25. The highest BCUT2D eigenvalue weighted by Crippen LogP contribution is 2.32. The maximum atomic E-state index is 13.7. The minimum absolute atomic E-state index is 0.0772. The lowest BCUT2D eigenvalue weighted by Gasteiger charge is -2.37. The average molecular weight is 384 g/mol. The van der Waals surface area contributed by atoms with Crippen LogP contribution in [0.15, 0.2) is 36.7 Å². The Morgan fingerprint density at radius 2 is 1.96 bits per heavy atom. The number of nitrogens with zero attached hydrogens (tertiary/aromatic N) is 3. The lowest BCUT2D eigenvalue weighted by Crippen LogP contribution is -2.45. The maximum Gasteiger partial charge on any atom is 0.228 e. The number of benzene rings is 1. The van der Waals surface area contributed by atoms with Crippen LogP contribution < -0.4 is 5.32 Å². The Kier molecular flexibility index (Phi) is 5.76. The van der Waals surface area contributed by atoms with Gasteiger partial charge >= 0.3 is 0 Å². The summed E-state index contributed by atoms with van der Waals surface area (Å²) >= 11 is 0. The van der Waals surface area contributed by atoms with Crippen LogP contribution in [0, 0.1) is 11.7 Å². The van der Waals surface area contributed by atoms with Gasteiger partial charge in [0, 0.05) is 44.8 Å². The van der Waals surface area contributed by atoms with Gasteiger partial charge < -0.3 is 10.2 Å². The summed E-state index contributed by atoms with van der Waals surface area (Å²) in [4.78, 5) is 15.8. The van der Waals surface area contributed by atoms with E-state index >= 15 is 0 Å². The number of nitrogens with one attached hydrogen (secondary N) is 1. The van der Waals surface area contributed by atoms with Crippen LogP contribution in [0.25, 0.3) is 0 Å². The predicted molar refractivity (Wildman–Crippen MR) is 106 cm³/mol. The fourth-order valence-electron chi connectivity index (χ4n) is 4.70. The van der Waals surface area contributed by atoms with Crippen LogP contribution >= 0.6 is 0 Å². The maximum absolute atomic E-state index is 13.7. The van der Waals surface area contributed by atoms with E-state index in [9.17, 15) is 9.18 Å². The first kappa shape index (κ1) is 19.1. The zero-order chi connectivity index (χ0) is 19.5. The van der Waals surface area contributed by atoms with Gasteiger partial charge in [-0.3, -0.25) is 9.48 Å². The monoisotopic (exact) mass is 384 g/mol. The van der Waals surface area contributed by atoms with Crippen LogP contribution in [0.1, 0.15) is 49.1 Å². The molecule has 1 amide bonds. The Hall–Kier alpha value is -2.21. The van der Waals surface area contributed by atoms with E-state index in [4.69, 9.17) is 0 Å². The largest absolute Gasteiger partial charge is 0.335 e. The van der Waals surface area contributed by atoms with E-state index in [-0.39, 0.29) is 29.6 Å². The van der Waals surface area contributed by atoms with Crippen molar-refractivity contribution in [1.82, 2.24) is 20.0 Å². The van der Waals surface area contributed by atoms with Gasteiger partial charge in [0.15, 0.2) is 0 Å². The molecule has 28 heavy (non-hydrogen) atoms. The molecule has 1 aliphatic carbocycles. The van der Waals surface area contributed by atoms with Crippen molar-refractivity contribution in [3.05, 3.63) is 53.6 Å². The van der Waals surface area contributed by atoms with Crippen LogP contribution in [0.5, 0.6) is 0 Å². The summed E-state index contributed by atoms with van der Waals surface area (Å²) in [5.41, 5.74) is 2.11. The molecule has 2 atom stereocenters. The number of aromatic nitrogens is 2. The van der Waals surface area contributed by atoms with Gasteiger partial charge in [-0.1, -0.05) is 31.4 Å². The van der Waals surface area contributed by atoms with Crippen LogP contribution in [0.3, 0.4) is 0 Å². The van der Waals surface area contributed by atoms with E-state index in [2.05, 4.69) is 15.3 Å². The highest BCUT2D eigenvalue weighted by Gasteiger charge is 2.39. The first-order valence-corrected chi connectivity index (χ1v) is 10.4. The van der Waals surface area contributed by atoms with Gasteiger partial charge in [-0.15, -0.1) is 0 Å². The fourth-order valence-corrected chi connectivity index (χ4v) is 4.70. The first-order chi connectivity index (χ1) is 13.6. The number of aryl methyl sites for hydroxylation is 1. The van der Waals surface area contributed by atoms with Gasteiger partial charge in [-0.25, -0.2) is 4.39 Å². The number of halogens is 1. The normalized spacial score (nSPS) is 23.1. The number of hydrogen-bond donors (Lipinski definition) is 1. The van der Waals surface area contributed by atoms with Gasteiger partial charge in [-0.2, -0.15) is 5.10 Å². The molecule has 2 heterocycles. The van der Waals surface area contributed by atoms with Crippen molar-refractivity contribution in [2.45, 2.75) is 50.6 Å². The number of hydrogen-bond acceptors (Lipinski definition) is 3. The van der Waals surface area contributed by atoms with E-state index < -0.39 is 0 Å². The number of carbonyl (C=O) groups excluding carboxylic acids is 1. The van der Waals surface area contributed by atoms with Crippen molar-refractivity contribution in [3.8, 4) is 0 Å². The van der Waals surface area contributed by atoms with E-state index in [0.29, 0.717) is 13.1 Å². The molecule has 2 fully saturated rings. The molecule has 2 aromatic rings. The van der Waals surface area contributed by atoms with Crippen LogP contribution in [0.2, 0.25) is 0 Å². The molecule has 0 unspecified atom stereocenters. The molecule has 4 rings (SSSR count). The highest BCUT2D eigenvalue weighted by atomic mass is 19.1. The Bertz CT molecular complexity index is 797. The van der Waals surface area contributed by atoms with E-state index in [1.165, 1.54) is 31.4 Å². The Morgan fingerprint density at radius 1 is 1.21 bits per heavy atom. The smallest absolute Gasteiger partial charge is 0.228 e. The summed E-state index contributed by atoms with van der Waals surface area (Å²) < 4.78 is 15.1. The van der Waals surface area contributed by atoms with Crippen molar-refractivity contribution in [1.29, 1.82) is 0 Å². The second-order valence-corrected chi connectivity index (χ2v) is 8.20. The average Bonchev–Trinajstić information content (AvgIpc) is 3.36. The summed E-state index contributed by atoms with van der Waals surface area (Å²) in [7, 11) is 1.91. The van der Waals surface area contributed by atoms with Gasteiger partial charge in [0.25, 0.3) is 0 Å². The van der Waals surface area contributed by atoms with Crippen molar-refractivity contribution in [3.63, 3.8) is 0 Å². The number of carbonyl (C=O) groups is 1. The van der Waals surface area contributed by atoms with Crippen LogP contribution in [-0.2, 0) is 18.4 Å². The van der Waals surface area contributed by atoms with Gasteiger partial charge in [0.05, 0.1) is 12.1 Å². The summed E-state index contributed by atoms with van der Waals surface area (Å²) in [6, 6.07) is 6.83. The molecular formula is C22H29FN4O. The fraction of sp³-hybridized carbons (Fsp3) is 0.545. The molecule has 1 aromatic heterocycles. The summed E-state index contributed by atoms with van der Waals surface area (Å²) in [6.07, 6.45) is 9.61. The lowest BCUT2D eigenvalue weighted by molar-refractivity contribution is -0.139. The molecule has 150 valence electrons.